The fourth-order valence-corrected chi connectivity index (χ4v) is 1.23. The van der Waals surface area contributed by atoms with Crippen molar-refractivity contribution in [1.29, 1.82) is 0 Å². The van der Waals surface area contributed by atoms with E-state index in [4.69, 9.17) is 16.0 Å². The summed E-state index contributed by atoms with van der Waals surface area (Å²) in [5, 5.41) is 0. The largest absolute Gasteiger partial charge is 0.368 e. The first-order valence-corrected chi connectivity index (χ1v) is 5.19. The summed E-state index contributed by atoms with van der Waals surface area (Å²) in [4.78, 5) is 10.8. The van der Waals surface area contributed by atoms with Crippen molar-refractivity contribution in [2.24, 2.45) is 0 Å². The second-order valence-corrected chi connectivity index (χ2v) is 4.08. The molecule has 0 spiro atoms. The number of anilines is 2. The van der Waals surface area contributed by atoms with Gasteiger partial charge in [0.1, 0.15) is 5.82 Å². The summed E-state index contributed by atoms with van der Waals surface area (Å²) in [5.41, 5.74) is 10.5. The van der Waals surface area contributed by atoms with Gasteiger partial charge in [-0.3, -0.25) is 4.55 Å². The highest BCUT2D eigenvalue weighted by molar-refractivity contribution is 7.85. The molecule has 0 aliphatic rings. The summed E-state index contributed by atoms with van der Waals surface area (Å²) in [6.07, 6.45) is -0.0598. The predicted octanol–water partition coefficient (Wildman–Crippen LogP) is -1.53. The van der Waals surface area contributed by atoms with Gasteiger partial charge in [-0.05, 0) is 0 Å². The fraction of sp³-hybridized carbons (Fsp3) is 0.400. The highest BCUT2D eigenvalue weighted by atomic mass is 32.2. The molecule has 0 bridgehead atoms. The number of aryl methyl sites for hydroxylation is 1. The summed E-state index contributed by atoms with van der Waals surface area (Å²) in [5.74, 6) is -0.506. The van der Waals surface area contributed by atoms with Gasteiger partial charge < -0.3 is 11.5 Å². The monoisotopic (exact) mass is 219 g/mol. The molecular formula is C5H9N5O3S. The molecule has 0 radical (unpaired) electrons. The first kappa shape index (κ1) is 10.6. The number of rotatable bonds is 3. The second-order valence-electron chi connectivity index (χ2n) is 2.50. The SMILES string of the molecule is Nc1nc(N)nc(CCS(=O)(=O)O)n1. The minimum absolute atomic E-state index is 0.0598. The molecule has 1 aromatic rings. The van der Waals surface area contributed by atoms with Crippen LogP contribution < -0.4 is 11.5 Å². The molecule has 14 heavy (non-hydrogen) atoms. The molecule has 0 saturated carbocycles. The van der Waals surface area contributed by atoms with Gasteiger partial charge in [0.15, 0.2) is 0 Å². The van der Waals surface area contributed by atoms with Crippen molar-refractivity contribution in [2.75, 3.05) is 17.2 Å². The number of hydrogen-bond acceptors (Lipinski definition) is 7. The molecule has 1 aromatic heterocycles. The van der Waals surface area contributed by atoms with Gasteiger partial charge in [0.05, 0.1) is 5.75 Å². The maximum absolute atomic E-state index is 10.4. The number of nitrogens with zero attached hydrogens (tertiary/aromatic N) is 3. The molecule has 5 N–H and O–H groups in total. The molecule has 8 nitrogen and oxygen atoms in total. The Morgan fingerprint density at radius 2 is 1.64 bits per heavy atom. The zero-order chi connectivity index (χ0) is 10.8. The van der Waals surface area contributed by atoms with Gasteiger partial charge >= 0.3 is 0 Å². The molecule has 78 valence electrons. The van der Waals surface area contributed by atoms with Crippen molar-refractivity contribution in [3.8, 4) is 0 Å². The second kappa shape index (κ2) is 3.72. The minimum Gasteiger partial charge on any atom is -0.368 e. The first-order chi connectivity index (χ1) is 6.37. The van der Waals surface area contributed by atoms with Crippen LogP contribution >= 0.6 is 0 Å². The highest BCUT2D eigenvalue weighted by Crippen LogP contribution is 2.00. The molecule has 1 heterocycles. The van der Waals surface area contributed by atoms with Crippen LogP contribution in [0.3, 0.4) is 0 Å². The van der Waals surface area contributed by atoms with Crippen molar-refractivity contribution in [3.63, 3.8) is 0 Å². The Kier molecular flexibility index (Phi) is 2.81. The summed E-state index contributed by atoms with van der Waals surface area (Å²) in [7, 11) is -4.03. The number of nitrogens with two attached hydrogens (primary N) is 2. The van der Waals surface area contributed by atoms with Crippen molar-refractivity contribution < 1.29 is 13.0 Å². The fourth-order valence-electron chi connectivity index (χ4n) is 0.789. The van der Waals surface area contributed by atoms with Gasteiger partial charge in [-0.15, -0.1) is 0 Å². The Morgan fingerprint density at radius 3 is 2.07 bits per heavy atom. The van der Waals surface area contributed by atoms with Crippen LogP contribution in [0.5, 0.6) is 0 Å². The Morgan fingerprint density at radius 1 is 1.14 bits per heavy atom. The number of aromatic nitrogens is 3. The highest BCUT2D eigenvalue weighted by Gasteiger charge is 2.08. The maximum Gasteiger partial charge on any atom is 0.265 e. The van der Waals surface area contributed by atoms with E-state index in [2.05, 4.69) is 15.0 Å². The maximum atomic E-state index is 10.4. The topological polar surface area (TPSA) is 145 Å². The van der Waals surface area contributed by atoms with E-state index in [0.717, 1.165) is 0 Å². The van der Waals surface area contributed by atoms with Crippen molar-refractivity contribution in [3.05, 3.63) is 5.82 Å². The van der Waals surface area contributed by atoms with Crippen molar-refractivity contribution >= 4 is 22.0 Å². The lowest BCUT2D eigenvalue weighted by Crippen LogP contribution is -2.12. The molecule has 0 aliphatic carbocycles. The standard InChI is InChI=1S/C5H9N5O3S/c6-4-8-3(9-5(7)10-4)1-2-14(11,12)13/h1-2H2,(H,11,12,13)(H4,6,7,8,9,10). The van der Waals surface area contributed by atoms with Gasteiger partial charge in [0.25, 0.3) is 10.1 Å². The number of nitrogen functional groups attached to an aromatic ring is 2. The van der Waals surface area contributed by atoms with E-state index >= 15 is 0 Å². The van der Waals surface area contributed by atoms with E-state index in [9.17, 15) is 8.42 Å². The van der Waals surface area contributed by atoms with Crippen LogP contribution in [0.25, 0.3) is 0 Å². The molecule has 1 rings (SSSR count). The van der Waals surface area contributed by atoms with Crippen molar-refractivity contribution in [2.45, 2.75) is 6.42 Å². The molecule has 0 aromatic carbocycles. The lowest BCUT2D eigenvalue weighted by atomic mass is 10.4. The molecule has 0 atom stereocenters. The van der Waals surface area contributed by atoms with E-state index in [-0.39, 0.29) is 24.1 Å². The van der Waals surface area contributed by atoms with E-state index in [1.165, 1.54) is 0 Å². The van der Waals surface area contributed by atoms with E-state index in [1.54, 1.807) is 0 Å². The summed E-state index contributed by atoms with van der Waals surface area (Å²) in [6, 6.07) is 0. The van der Waals surface area contributed by atoms with Gasteiger partial charge in [0.2, 0.25) is 11.9 Å². The molecule has 0 fully saturated rings. The number of hydrogen-bond donors (Lipinski definition) is 3. The average molecular weight is 219 g/mol. The van der Waals surface area contributed by atoms with Gasteiger partial charge in [-0.2, -0.15) is 23.4 Å². The molecule has 0 aliphatic heterocycles. The molecule has 9 heteroatoms. The predicted molar refractivity (Wildman–Crippen MR) is 48.8 cm³/mol. The quantitative estimate of drug-likeness (QED) is 0.519. The molecule has 0 saturated heterocycles. The zero-order valence-electron chi connectivity index (χ0n) is 7.08. The van der Waals surface area contributed by atoms with Crippen molar-refractivity contribution in [1.82, 2.24) is 15.0 Å². The zero-order valence-corrected chi connectivity index (χ0v) is 7.90. The Balaban J connectivity index is 2.78. The van der Waals surface area contributed by atoms with Crippen LogP contribution in [0.4, 0.5) is 11.9 Å². The molecule has 0 unspecified atom stereocenters. The lowest BCUT2D eigenvalue weighted by Gasteiger charge is -2.00. The van der Waals surface area contributed by atoms with E-state index in [1.807, 2.05) is 0 Å². The third-order valence-corrected chi connectivity index (χ3v) is 2.02. The third-order valence-electron chi connectivity index (χ3n) is 1.30. The van der Waals surface area contributed by atoms with Crippen LogP contribution in [0.1, 0.15) is 5.82 Å². The third kappa shape index (κ3) is 3.49. The summed E-state index contributed by atoms with van der Waals surface area (Å²) >= 11 is 0. The van der Waals surface area contributed by atoms with Gasteiger partial charge in [0, 0.05) is 6.42 Å². The minimum atomic E-state index is -4.03. The van der Waals surface area contributed by atoms with Crippen LogP contribution in [0, 0.1) is 0 Å². The smallest absolute Gasteiger partial charge is 0.265 e. The van der Waals surface area contributed by atoms with Crippen LogP contribution in [-0.2, 0) is 16.5 Å². The molecule has 0 amide bonds. The van der Waals surface area contributed by atoms with Crippen LogP contribution in [0.15, 0.2) is 0 Å². The Hall–Kier alpha value is -1.48. The van der Waals surface area contributed by atoms with E-state index in [0.29, 0.717) is 0 Å². The average Bonchev–Trinajstić information content (AvgIpc) is 1.97. The molecular weight excluding hydrogens is 210 g/mol. The van der Waals surface area contributed by atoms with Crippen LogP contribution in [-0.4, -0.2) is 33.7 Å². The first-order valence-electron chi connectivity index (χ1n) is 3.58. The summed E-state index contributed by atoms with van der Waals surface area (Å²) < 4.78 is 29.2. The van der Waals surface area contributed by atoms with Gasteiger partial charge in [-0.25, -0.2) is 0 Å². The lowest BCUT2D eigenvalue weighted by molar-refractivity contribution is 0.482. The normalized spacial score (nSPS) is 11.5. The van der Waals surface area contributed by atoms with Gasteiger partial charge in [-0.1, -0.05) is 0 Å². The van der Waals surface area contributed by atoms with E-state index < -0.39 is 15.9 Å². The summed E-state index contributed by atoms with van der Waals surface area (Å²) in [6.45, 7) is 0. The van der Waals surface area contributed by atoms with Crippen LogP contribution in [0.2, 0.25) is 0 Å². The Labute approximate surface area is 80.1 Å². The Bertz CT molecular complexity index is 411.